The van der Waals surface area contributed by atoms with Crippen LogP contribution in [0.15, 0.2) is 48.5 Å². The standard InChI is InChI=1S/C23H29ClFN3O4S/c1-23(2,32-19-10-8-18(24)9-11-19)22(29)26-12-5-17-33(30,31)28-15-13-27(14-16-28)21-7-4-3-6-20(21)25/h3-4,6-11H,5,12-17H2,1-2H3,(H,26,29). The molecule has 0 aliphatic carbocycles. The van der Waals surface area contributed by atoms with Crippen molar-refractivity contribution in [1.82, 2.24) is 9.62 Å². The number of piperazine rings is 1. The summed E-state index contributed by atoms with van der Waals surface area (Å²) < 4.78 is 46.5. The maximum Gasteiger partial charge on any atom is 0.263 e. The highest BCUT2D eigenvalue weighted by Crippen LogP contribution is 2.22. The van der Waals surface area contributed by atoms with Crippen molar-refractivity contribution < 1.29 is 22.3 Å². The number of sulfonamides is 1. The number of carbonyl (C=O) groups is 1. The first kappa shape index (κ1) is 25.3. The number of hydrogen-bond donors (Lipinski definition) is 1. The molecule has 10 heteroatoms. The van der Waals surface area contributed by atoms with E-state index in [-0.39, 0.29) is 30.4 Å². The molecule has 1 fully saturated rings. The average Bonchev–Trinajstić information content (AvgIpc) is 2.78. The molecule has 0 spiro atoms. The molecule has 2 aromatic rings. The first-order valence-corrected chi connectivity index (χ1v) is 12.8. The van der Waals surface area contributed by atoms with Gasteiger partial charge in [-0.3, -0.25) is 4.79 Å². The maximum atomic E-state index is 14.0. The molecule has 180 valence electrons. The van der Waals surface area contributed by atoms with Crippen LogP contribution in [-0.4, -0.2) is 62.7 Å². The van der Waals surface area contributed by atoms with Gasteiger partial charge >= 0.3 is 0 Å². The highest BCUT2D eigenvalue weighted by atomic mass is 35.5. The Morgan fingerprint density at radius 1 is 1.09 bits per heavy atom. The predicted molar refractivity (Wildman–Crippen MR) is 128 cm³/mol. The Balaban J connectivity index is 1.43. The van der Waals surface area contributed by atoms with Gasteiger partial charge in [-0.25, -0.2) is 12.8 Å². The second kappa shape index (κ2) is 10.7. The summed E-state index contributed by atoms with van der Waals surface area (Å²) in [5.41, 5.74) is -0.642. The molecule has 0 atom stereocenters. The zero-order chi connectivity index (χ0) is 24.1. The number of para-hydroxylation sites is 1. The van der Waals surface area contributed by atoms with Gasteiger partial charge in [-0.2, -0.15) is 4.31 Å². The average molecular weight is 498 g/mol. The summed E-state index contributed by atoms with van der Waals surface area (Å²) in [6.45, 7) is 4.93. The van der Waals surface area contributed by atoms with Gasteiger partial charge in [-0.15, -0.1) is 0 Å². The van der Waals surface area contributed by atoms with Crippen molar-refractivity contribution in [2.24, 2.45) is 0 Å². The predicted octanol–water partition coefficient (Wildman–Crippen LogP) is 3.29. The minimum Gasteiger partial charge on any atom is -0.478 e. The second-order valence-corrected chi connectivity index (χ2v) is 10.9. The van der Waals surface area contributed by atoms with Gasteiger partial charge in [0.15, 0.2) is 5.60 Å². The zero-order valence-corrected chi connectivity index (χ0v) is 20.3. The summed E-state index contributed by atoms with van der Waals surface area (Å²) >= 11 is 5.86. The molecule has 33 heavy (non-hydrogen) atoms. The van der Waals surface area contributed by atoms with E-state index in [4.69, 9.17) is 16.3 Å². The van der Waals surface area contributed by atoms with E-state index in [1.54, 1.807) is 56.3 Å². The van der Waals surface area contributed by atoms with E-state index in [1.807, 2.05) is 4.90 Å². The molecule has 1 amide bonds. The van der Waals surface area contributed by atoms with Crippen LogP contribution in [0.2, 0.25) is 5.02 Å². The van der Waals surface area contributed by atoms with E-state index in [0.717, 1.165) is 0 Å². The molecule has 0 saturated carbocycles. The number of carbonyl (C=O) groups excluding carboxylic acids is 1. The number of halogens is 2. The molecular formula is C23H29ClFN3O4S. The summed E-state index contributed by atoms with van der Waals surface area (Å²) in [5.74, 6) is -0.219. The number of benzene rings is 2. The molecule has 0 radical (unpaired) electrons. The Labute approximate surface area is 199 Å². The molecule has 1 aliphatic heterocycles. The van der Waals surface area contributed by atoms with Crippen molar-refractivity contribution in [2.75, 3.05) is 43.4 Å². The van der Waals surface area contributed by atoms with Crippen molar-refractivity contribution in [2.45, 2.75) is 25.9 Å². The zero-order valence-electron chi connectivity index (χ0n) is 18.8. The van der Waals surface area contributed by atoms with E-state index in [2.05, 4.69) is 5.32 Å². The van der Waals surface area contributed by atoms with Gasteiger partial charge in [0.05, 0.1) is 11.4 Å². The Morgan fingerprint density at radius 3 is 2.36 bits per heavy atom. The number of nitrogens with one attached hydrogen (secondary N) is 1. The molecule has 7 nitrogen and oxygen atoms in total. The minimum atomic E-state index is -3.47. The van der Waals surface area contributed by atoms with Crippen LogP contribution < -0.4 is 15.0 Å². The Bertz CT molecular complexity index is 1060. The Kier molecular flexibility index (Phi) is 8.20. The quantitative estimate of drug-likeness (QED) is 0.538. The summed E-state index contributed by atoms with van der Waals surface area (Å²) in [6, 6.07) is 13.2. The number of nitrogens with zero attached hydrogens (tertiary/aromatic N) is 2. The highest BCUT2D eigenvalue weighted by Gasteiger charge is 2.30. The number of amides is 1. The van der Waals surface area contributed by atoms with Gasteiger partial charge in [0.1, 0.15) is 11.6 Å². The van der Waals surface area contributed by atoms with E-state index in [0.29, 0.717) is 42.6 Å². The summed E-state index contributed by atoms with van der Waals surface area (Å²) in [4.78, 5) is 14.4. The van der Waals surface area contributed by atoms with Crippen molar-refractivity contribution in [3.05, 3.63) is 59.4 Å². The van der Waals surface area contributed by atoms with Crippen LogP contribution in [0.3, 0.4) is 0 Å². The summed E-state index contributed by atoms with van der Waals surface area (Å²) in [6.07, 6.45) is 0.276. The third kappa shape index (κ3) is 6.82. The number of rotatable bonds is 9. The van der Waals surface area contributed by atoms with Crippen LogP contribution in [0.1, 0.15) is 20.3 Å². The van der Waals surface area contributed by atoms with E-state index in [9.17, 15) is 17.6 Å². The first-order chi connectivity index (χ1) is 15.6. The van der Waals surface area contributed by atoms with Gasteiger partial charge in [-0.1, -0.05) is 23.7 Å². The van der Waals surface area contributed by atoms with E-state index in [1.165, 1.54) is 10.4 Å². The van der Waals surface area contributed by atoms with E-state index >= 15 is 0 Å². The number of anilines is 1. The van der Waals surface area contributed by atoms with Gasteiger partial charge in [0.2, 0.25) is 10.0 Å². The third-order valence-corrected chi connectivity index (χ3v) is 7.63. The summed E-state index contributed by atoms with van der Waals surface area (Å²) in [5, 5.41) is 3.31. The Hall–Kier alpha value is -2.36. The fourth-order valence-electron chi connectivity index (χ4n) is 3.56. The molecule has 0 bridgehead atoms. The van der Waals surface area contributed by atoms with Gasteiger partial charge in [0.25, 0.3) is 5.91 Å². The number of ether oxygens (including phenoxy) is 1. The molecule has 3 rings (SSSR count). The molecule has 1 saturated heterocycles. The lowest BCUT2D eigenvalue weighted by Gasteiger charge is -2.35. The van der Waals surface area contributed by atoms with Crippen molar-refractivity contribution in [3.8, 4) is 5.75 Å². The normalized spacial score (nSPS) is 15.3. The Morgan fingerprint density at radius 2 is 1.73 bits per heavy atom. The summed E-state index contributed by atoms with van der Waals surface area (Å²) in [7, 11) is -3.47. The van der Waals surface area contributed by atoms with Crippen LogP contribution in [0.25, 0.3) is 0 Å². The molecule has 2 aromatic carbocycles. The highest BCUT2D eigenvalue weighted by molar-refractivity contribution is 7.89. The van der Waals surface area contributed by atoms with Gasteiger partial charge < -0.3 is 15.0 Å². The monoisotopic (exact) mass is 497 g/mol. The third-order valence-electron chi connectivity index (χ3n) is 5.42. The van der Waals surface area contributed by atoms with Crippen molar-refractivity contribution in [3.63, 3.8) is 0 Å². The molecular weight excluding hydrogens is 469 g/mol. The lowest BCUT2D eigenvalue weighted by molar-refractivity contribution is -0.134. The van der Waals surface area contributed by atoms with Crippen molar-refractivity contribution >= 4 is 33.2 Å². The second-order valence-electron chi connectivity index (χ2n) is 8.33. The van der Waals surface area contributed by atoms with Crippen LogP contribution in [0.4, 0.5) is 10.1 Å². The molecule has 1 aliphatic rings. The fraction of sp³-hybridized carbons (Fsp3) is 0.435. The minimum absolute atomic E-state index is 0.0779. The topological polar surface area (TPSA) is 78.9 Å². The van der Waals surface area contributed by atoms with Gasteiger partial charge in [0, 0.05) is 37.7 Å². The van der Waals surface area contributed by atoms with E-state index < -0.39 is 15.6 Å². The fourth-order valence-corrected chi connectivity index (χ4v) is 5.17. The molecule has 1 heterocycles. The van der Waals surface area contributed by atoms with Crippen LogP contribution in [-0.2, 0) is 14.8 Å². The van der Waals surface area contributed by atoms with Gasteiger partial charge in [-0.05, 0) is 56.7 Å². The SMILES string of the molecule is CC(C)(Oc1ccc(Cl)cc1)C(=O)NCCCS(=O)(=O)N1CCN(c2ccccc2F)CC1. The molecule has 0 unspecified atom stereocenters. The van der Waals surface area contributed by atoms with Crippen LogP contribution in [0, 0.1) is 5.82 Å². The number of hydrogen-bond acceptors (Lipinski definition) is 5. The first-order valence-electron chi connectivity index (χ1n) is 10.8. The maximum absolute atomic E-state index is 14.0. The lowest BCUT2D eigenvalue weighted by Crippen LogP contribution is -2.50. The van der Waals surface area contributed by atoms with Crippen LogP contribution >= 0.6 is 11.6 Å². The largest absolute Gasteiger partial charge is 0.478 e. The molecule has 1 N–H and O–H groups in total. The smallest absolute Gasteiger partial charge is 0.263 e. The molecule has 0 aromatic heterocycles. The van der Waals surface area contributed by atoms with Crippen molar-refractivity contribution in [1.29, 1.82) is 0 Å². The van der Waals surface area contributed by atoms with Crippen LogP contribution in [0.5, 0.6) is 5.75 Å². The lowest BCUT2D eigenvalue weighted by atomic mass is 10.1.